The van der Waals surface area contributed by atoms with Crippen LogP contribution in [0.2, 0.25) is 5.02 Å². The van der Waals surface area contributed by atoms with E-state index in [0.717, 1.165) is 12.0 Å². The average molecular weight is 390 g/mol. The Morgan fingerprint density at radius 2 is 1.77 bits per heavy atom. The van der Waals surface area contributed by atoms with E-state index in [0.29, 0.717) is 5.02 Å². The topological polar surface area (TPSA) is 67.2 Å². The van der Waals surface area contributed by atoms with Gasteiger partial charge in [0.25, 0.3) is 0 Å². The lowest BCUT2D eigenvalue weighted by Gasteiger charge is -2.08. The van der Waals surface area contributed by atoms with Crippen LogP contribution in [0.25, 0.3) is 0 Å². The molecule has 0 radical (unpaired) electrons. The number of ether oxygens (including phenoxy) is 1. The Balaban J connectivity index is 2.05. The summed E-state index contributed by atoms with van der Waals surface area (Å²) in [6, 6.07) is 16.1. The molecule has 0 bridgehead atoms. The minimum absolute atomic E-state index is 0.0706. The molecule has 0 aliphatic heterocycles. The second kappa shape index (κ2) is 7.03. The molecule has 0 aromatic heterocycles. The van der Waals surface area contributed by atoms with Gasteiger partial charge in [0.05, 0.1) is 22.8 Å². The Labute approximate surface area is 159 Å². The summed E-state index contributed by atoms with van der Waals surface area (Å²) in [4.78, 5) is 0.176. The summed E-state index contributed by atoms with van der Waals surface area (Å²) in [5, 5.41) is 9.46. The molecule has 2 aromatic carbocycles. The fourth-order valence-electron chi connectivity index (χ4n) is 3.64. The van der Waals surface area contributed by atoms with Crippen LogP contribution in [0.1, 0.15) is 24.0 Å². The molecule has 0 N–H and O–H groups in total. The zero-order valence-corrected chi connectivity index (χ0v) is 16.2. The Kier molecular flexibility index (Phi) is 5.12. The van der Waals surface area contributed by atoms with E-state index in [1.54, 1.807) is 12.1 Å². The van der Waals surface area contributed by atoms with E-state index < -0.39 is 26.4 Å². The number of methoxy groups -OCH3 is 1. The quantitative estimate of drug-likeness (QED) is 0.748. The zero-order valence-electron chi connectivity index (χ0n) is 14.6. The van der Waals surface area contributed by atoms with Crippen molar-refractivity contribution in [2.45, 2.75) is 29.4 Å². The highest BCUT2D eigenvalue weighted by molar-refractivity contribution is 7.92. The molecule has 4 nitrogen and oxygen atoms in total. The number of aryl methyl sites for hydroxylation is 1. The SMILES string of the molecule is CCc1ccc([C@@H]2[C@@H](S(=O)(=O)c3ccc(Cl)cc3)[C@@]2(C#N)COC)cc1. The molecule has 6 heteroatoms. The van der Waals surface area contributed by atoms with Gasteiger partial charge in [-0.15, -0.1) is 0 Å². The monoisotopic (exact) mass is 389 g/mol. The summed E-state index contributed by atoms with van der Waals surface area (Å²) in [7, 11) is -2.21. The van der Waals surface area contributed by atoms with Crippen LogP contribution in [0.4, 0.5) is 0 Å². The maximum Gasteiger partial charge on any atom is 0.183 e. The van der Waals surface area contributed by atoms with E-state index in [9.17, 15) is 13.7 Å². The van der Waals surface area contributed by atoms with Gasteiger partial charge in [-0.3, -0.25) is 0 Å². The Bertz CT molecular complexity index is 933. The normalized spacial score (nSPS) is 24.8. The molecule has 0 saturated heterocycles. The van der Waals surface area contributed by atoms with Crippen LogP contribution in [-0.4, -0.2) is 27.4 Å². The molecule has 3 atom stereocenters. The third-order valence-electron chi connectivity index (χ3n) is 5.07. The van der Waals surface area contributed by atoms with Crippen molar-refractivity contribution in [3.8, 4) is 6.07 Å². The standard InChI is InChI=1S/C20H20ClNO3S/c1-3-14-4-6-15(7-5-14)18-19(20(18,12-22)13-25-2)26(23,24)17-10-8-16(21)9-11-17/h4-11,18-19H,3,13H2,1-2H3/t18-,19-,20+/m1/s1. The minimum Gasteiger partial charge on any atom is -0.383 e. The highest BCUT2D eigenvalue weighted by Gasteiger charge is 2.72. The van der Waals surface area contributed by atoms with E-state index in [-0.39, 0.29) is 11.5 Å². The third-order valence-corrected chi connectivity index (χ3v) is 7.61. The fraction of sp³-hybridized carbons (Fsp3) is 0.350. The molecule has 0 unspecified atom stereocenters. The number of rotatable bonds is 6. The predicted octanol–water partition coefficient (Wildman–Crippen LogP) is 4.00. The van der Waals surface area contributed by atoms with Crippen molar-refractivity contribution in [2.24, 2.45) is 5.41 Å². The van der Waals surface area contributed by atoms with E-state index in [1.165, 1.54) is 24.8 Å². The van der Waals surface area contributed by atoms with Crippen molar-refractivity contribution in [3.05, 3.63) is 64.7 Å². The number of sulfone groups is 1. The maximum absolute atomic E-state index is 13.2. The molecular formula is C20H20ClNO3S. The molecular weight excluding hydrogens is 370 g/mol. The summed E-state index contributed by atoms with van der Waals surface area (Å²) in [5.41, 5.74) is 0.935. The Morgan fingerprint density at radius 3 is 2.27 bits per heavy atom. The van der Waals surface area contributed by atoms with Crippen molar-refractivity contribution in [2.75, 3.05) is 13.7 Å². The summed E-state index contributed by atoms with van der Waals surface area (Å²) in [5.74, 6) is -0.418. The molecule has 1 saturated carbocycles. The van der Waals surface area contributed by atoms with Crippen molar-refractivity contribution >= 4 is 21.4 Å². The minimum atomic E-state index is -3.70. The molecule has 1 fully saturated rings. The summed E-state index contributed by atoms with van der Waals surface area (Å²) in [6.45, 7) is 2.13. The first kappa shape index (κ1) is 18.9. The van der Waals surface area contributed by atoms with Gasteiger partial charge in [-0.1, -0.05) is 42.8 Å². The van der Waals surface area contributed by atoms with Gasteiger partial charge in [0.1, 0.15) is 5.41 Å². The Morgan fingerprint density at radius 1 is 1.15 bits per heavy atom. The largest absolute Gasteiger partial charge is 0.383 e. The van der Waals surface area contributed by atoms with Crippen molar-refractivity contribution in [1.82, 2.24) is 0 Å². The van der Waals surface area contributed by atoms with Gasteiger partial charge in [0.2, 0.25) is 0 Å². The lowest BCUT2D eigenvalue weighted by molar-refractivity contribution is 0.162. The van der Waals surface area contributed by atoms with Crippen molar-refractivity contribution < 1.29 is 13.2 Å². The molecule has 1 aliphatic rings. The summed E-state index contributed by atoms with van der Waals surface area (Å²) >= 11 is 5.88. The molecule has 3 rings (SSSR count). The first-order chi connectivity index (χ1) is 12.4. The van der Waals surface area contributed by atoms with Gasteiger partial charge in [-0.2, -0.15) is 5.26 Å². The van der Waals surface area contributed by atoms with E-state index in [4.69, 9.17) is 16.3 Å². The highest BCUT2D eigenvalue weighted by atomic mass is 35.5. The Hall–Kier alpha value is -1.87. The van der Waals surface area contributed by atoms with Crippen LogP contribution >= 0.6 is 11.6 Å². The zero-order chi connectivity index (χ0) is 18.9. The van der Waals surface area contributed by atoms with Crippen LogP contribution in [0.3, 0.4) is 0 Å². The van der Waals surface area contributed by atoms with Gasteiger partial charge in [0.15, 0.2) is 9.84 Å². The number of hydrogen-bond acceptors (Lipinski definition) is 4. The van der Waals surface area contributed by atoms with Crippen molar-refractivity contribution in [3.63, 3.8) is 0 Å². The fourth-order valence-corrected chi connectivity index (χ4v) is 6.08. The van der Waals surface area contributed by atoms with Crippen molar-refractivity contribution in [1.29, 1.82) is 5.26 Å². The molecule has 136 valence electrons. The highest BCUT2D eigenvalue weighted by Crippen LogP contribution is 2.63. The summed E-state index contributed by atoms with van der Waals surface area (Å²) < 4.78 is 31.7. The lowest BCUT2D eigenvalue weighted by Crippen LogP contribution is -2.19. The molecule has 1 aliphatic carbocycles. The number of benzene rings is 2. The van der Waals surface area contributed by atoms with Gasteiger partial charge in [-0.05, 0) is 41.8 Å². The second-order valence-corrected chi connectivity index (χ2v) is 9.08. The van der Waals surface area contributed by atoms with E-state index in [2.05, 4.69) is 13.0 Å². The molecule has 0 heterocycles. The molecule has 26 heavy (non-hydrogen) atoms. The number of nitriles is 1. The summed E-state index contributed by atoms with van der Waals surface area (Å²) in [6.07, 6.45) is 0.902. The lowest BCUT2D eigenvalue weighted by atomic mass is 10.00. The number of halogens is 1. The van der Waals surface area contributed by atoms with Gasteiger partial charge in [0, 0.05) is 18.1 Å². The third kappa shape index (κ3) is 3.03. The number of nitrogens with zero attached hydrogens (tertiary/aromatic N) is 1. The van der Waals surface area contributed by atoms with Gasteiger partial charge < -0.3 is 4.74 Å². The average Bonchev–Trinajstić information content (AvgIpc) is 3.32. The molecule has 2 aromatic rings. The van der Waals surface area contributed by atoms with Crippen LogP contribution in [0.15, 0.2) is 53.4 Å². The smallest absolute Gasteiger partial charge is 0.183 e. The molecule has 0 spiro atoms. The van der Waals surface area contributed by atoms with Gasteiger partial charge >= 0.3 is 0 Å². The maximum atomic E-state index is 13.2. The van der Waals surface area contributed by atoms with E-state index in [1.807, 2.05) is 24.3 Å². The van der Waals surface area contributed by atoms with Gasteiger partial charge in [-0.25, -0.2) is 8.42 Å². The van der Waals surface area contributed by atoms with Crippen LogP contribution in [0, 0.1) is 16.7 Å². The van der Waals surface area contributed by atoms with Crippen LogP contribution in [0.5, 0.6) is 0 Å². The van der Waals surface area contributed by atoms with E-state index >= 15 is 0 Å². The molecule has 0 amide bonds. The number of hydrogen-bond donors (Lipinski definition) is 0. The second-order valence-electron chi connectivity index (χ2n) is 6.58. The predicted molar refractivity (Wildman–Crippen MR) is 101 cm³/mol. The first-order valence-electron chi connectivity index (χ1n) is 8.39. The van der Waals surface area contributed by atoms with Crippen LogP contribution < -0.4 is 0 Å². The first-order valence-corrected chi connectivity index (χ1v) is 10.3. The van der Waals surface area contributed by atoms with Crippen LogP contribution in [-0.2, 0) is 21.0 Å².